The number of amides is 2. The van der Waals surface area contributed by atoms with Gasteiger partial charge in [0.1, 0.15) is 6.04 Å². The fourth-order valence-corrected chi connectivity index (χ4v) is 3.37. The molecule has 2 N–H and O–H groups in total. The second-order valence-corrected chi connectivity index (χ2v) is 7.22. The Morgan fingerprint density at radius 3 is 2.65 bits per heavy atom. The topological polar surface area (TPSA) is 75.3 Å². The van der Waals surface area contributed by atoms with E-state index in [4.69, 9.17) is 0 Å². The number of carbonyl (C=O) groups excluding carboxylic acids is 3. The van der Waals surface area contributed by atoms with E-state index in [9.17, 15) is 14.4 Å². The van der Waals surface area contributed by atoms with Gasteiger partial charge in [0.25, 0.3) is 0 Å². The highest BCUT2D eigenvalue weighted by atomic mass is 32.1. The number of ketones is 1. The molecule has 1 aliphatic heterocycles. The number of thiol groups is 1. The van der Waals surface area contributed by atoms with Crippen molar-refractivity contribution in [3.8, 4) is 0 Å². The van der Waals surface area contributed by atoms with E-state index < -0.39 is 12.1 Å². The van der Waals surface area contributed by atoms with Gasteiger partial charge in [-0.25, -0.2) is 0 Å². The Morgan fingerprint density at radius 2 is 1.96 bits per heavy atom. The van der Waals surface area contributed by atoms with Crippen molar-refractivity contribution in [3.05, 3.63) is 35.9 Å². The van der Waals surface area contributed by atoms with Crippen molar-refractivity contribution in [1.29, 1.82) is 0 Å². The molecule has 1 aliphatic rings. The summed E-state index contributed by atoms with van der Waals surface area (Å²) in [6, 6.07) is 8.51. The smallest absolute Gasteiger partial charge is 0.243 e. The van der Waals surface area contributed by atoms with E-state index >= 15 is 0 Å². The van der Waals surface area contributed by atoms with Crippen LogP contribution in [-0.2, 0) is 20.8 Å². The van der Waals surface area contributed by atoms with Crippen LogP contribution in [0.1, 0.15) is 50.5 Å². The van der Waals surface area contributed by atoms with Gasteiger partial charge < -0.3 is 10.6 Å². The summed E-state index contributed by atoms with van der Waals surface area (Å²) in [5, 5.41) is 5.60. The van der Waals surface area contributed by atoms with Crippen LogP contribution in [0.3, 0.4) is 0 Å². The van der Waals surface area contributed by atoms with Gasteiger partial charge in [0.2, 0.25) is 11.8 Å². The molecule has 0 spiro atoms. The summed E-state index contributed by atoms with van der Waals surface area (Å²) in [5.74, 6) is 0.483. The summed E-state index contributed by atoms with van der Waals surface area (Å²) in [7, 11) is 0. The summed E-state index contributed by atoms with van der Waals surface area (Å²) in [5.41, 5.74) is 0.943. The number of Topliss-reactive ketones (excluding diaryl/α,β-unsaturated/α-hetero) is 1. The lowest BCUT2D eigenvalue weighted by Gasteiger charge is -2.25. The van der Waals surface area contributed by atoms with Gasteiger partial charge in [-0.1, -0.05) is 43.2 Å². The molecule has 0 aliphatic carbocycles. The maximum absolute atomic E-state index is 12.7. The van der Waals surface area contributed by atoms with E-state index in [1.807, 2.05) is 30.3 Å². The zero-order chi connectivity index (χ0) is 18.8. The molecule has 6 heteroatoms. The molecule has 1 fully saturated rings. The number of piperidine rings is 1. The van der Waals surface area contributed by atoms with Crippen LogP contribution < -0.4 is 10.6 Å². The first-order valence-electron chi connectivity index (χ1n) is 9.37. The molecule has 0 aromatic heterocycles. The Labute approximate surface area is 160 Å². The lowest BCUT2D eigenvalue weighted by Crippen LogP contribution is -2.53. The minimum absolute atomic E-state index is 0.0116. The van der Waals surface area contributed by atoms with E-state index in [2.05, 4.69) is 23.3 Å². The van der Waals surface area contributed by atoms with Gasteiger partial charge in [-0.05, 0) is 37.0 Å². The molecule has 1 aromatic carbocycles. The first-order chi connectivity index (χ1) is 12.6. The third-order valence-corrected chi connectivity index (χ3v) is 4.94. The molecule has 2 rings (SSSR count). The molecule has 1 heterocycles. The molecule has 1 aromatic rings. The lowest BCUT2D eigenvalue weighted by atomic mass is 9.97. The summed E-state index contributed by atoms with van der Waals surface area (Å²) in [6.45, 7) is 0. The molecule has 2 amide bonds. The summed E-state index contributed by atoms with van der Waals surface area (Å²) >= 11 is 4.21. The fraction of sp³-hybridized carbons (Fsp3) is 0.550. The van der Waals surface area contributed by atoms with Crippen LogP contribution >= 0.6 is 12.6 Å². The maximum atomic E-state index is 12.7. The van der Waals surface area contributed by atoms with Crippen molar-refractivity contribution in [2.75, 3.05) is 5.75 Å². The fourth-order valence-electron chi connectivity index (χ4n) is 3.15. The highest BCUT2D eigenvalue weighted by molar-refractivity contribution is 7.80. The highest BCUT2D eigenvalue weighted by Crippen LogP contribution is 2.12. The summed E-state index contributed by atoms with van der Waals surface area (Å²) in [6.07, 6.45) is 5.55. The number of rotatable bonds is 10. The Balaban J connectivity index is 1.96. The van der Waals surface area contributed by atoms with Crippen molar-refractivity contribution < 1.29 is 14.4 Å². The van der Waals surface area contributed by atoms with Crippen LogP contribution in [0.25, 0.3) is 0 Å². The Hall–Kier alpha value is -1.82. The minimum atomic E-state index is -0.527. The van der Waals surface area contributed by atoms with Crippen molar-refractivity contribution in [2.24, 2.45) is 0 Å². The maximum Gasteiger partial charge on any atom is 0.243 e. The zero-order valence-electron chi connectivity index (χ0n) is 15.1. The number of hydrogen-bond acceptors (Lipinski definition) is 4. The second kappa shape index (κ2) is 11.0. The van der Waals surface area contributed by atoms with E-state index in [0.717, 1.165) is 30.6 Å². The Bertz CT molecular complexity index is 606. The third-order valence-electron chi connectivity index (χ3n) is 4.63. The van der Waals surface area contributed by atoms with Gasteiger partial charge >= 0.3 is 0 Å². The molecular formula is C20H28N2O3S. The molecule has 0 unspecified atom stereocenters. The average molecular weight is 377 g/mol. The molecule has 1 saturated heterocycles. The first-order valence-corrected chi connectivity index (χ1v) is 10.0. The Kier molecular flexibility index (Phi) is 8.68. The van der Waals surface area contributed by atoms with Crippen molar-refractivity contribution in [3.63, 3.8) is 0 Å². The van der Waals surface area contributed by atoms with Crippen LogP contribution in [0, 0.1) is 0 Å². The monoisotopic (exact) mass is 376 g/mol. The van der Waals surface area contributed by atoms with Crippen molar-refractivity contribution in [1.82, 2.24) is 10.6 Å². The summed E-state index contributed by atoms with van der Waals surface area (Å²) < 4.78 is 0. The van der Waals surface area contributed by atoms with Gasteiger partial charge in [-0.2, -0.15) is 12.6 Å². The molecule has 0 radical (unpaired) electrons. The van der Waals surface area contributed by atoms with Crippen LogP contribution in [0.2, 0.25) is 0 Å². The normalized spacial score (nSPS) is 18.0. The van der Waals surface area contributed by atoms with Crippen LogP contribution in [0.5, 0.6) is 0 Å². The van der Waals surface area contributed by atoms with Gasteiger partial charge in [0.05, 0.1) is 6.04 Å². The number of benzene rings is 1. The number of unbranched alkanes of at least 4 members (excludes halogenated alkanes) is 2. The van der Waals surface area contributed by atoms with Gasteiger partial charge in [-0.3, -0.25) is 14.4 Å². The standard InChI is InChI=1S/C20H28N2O3S/c23-18(14-15-8-3-1-4-9-15)16(10-5-2-6-13-26)22-20(25)17-11-7-12-19(24)21-17/h1,3-4,8-9,16-17,26H,2,5-7,10-14H2,(H,21,24)(H,22,25)/t16-,17-/m0/s1. The Morgan fingerprint density at radius 1 is 1.19 bits per heavy atom. The minimum Gasteiger partial charge on any atom is -0.344 e. The summed E-state index contributed by atoms with van der Waals surface area (Å²) in [4.78, 5) is 36.8. The van der Waals surface area contributed by atoms with E-state index in [0.29, 0.717) is 32.1 Å². The van der Waals surface area contributed by atoms with Crippen molar-refractivity contribution in [2.45, 2.75) is 63.5 Å². The molecule has 0 bridgehead atoms. The van der Waals surface area contributed by atoms with Crippen molar-refractivity contribution >= 4 is 30.2 Å². The number of carbonyl (C=O) groups is 3. The first kappa shape index (κ1) is 20.5. The molecule has 26 heavy (non-hydrogen) atoms. The molecule has 2 atom stereocenters. The molecule has 142 valence electrons. The van der Waals surface area contributed by atoms with Gasteiger partial charge in [0.15, 0.2) is 5.78 Å². The molecule has 5 nitrogen and oxygen atoms in total. The average Bonchev–Trinajstić information content (AvgIpc) is 2.65. The third kappa shape index (κ3) is 6.83. The number of nitrogens with one attached hydrogen (secondary N) is 2. The predicted octanol–water partition coefficient (Wildman–Crippen LogP) is 2.44. The van der Waals surface area contributed by atoms with Crippen LogP contribution in [0.15, 0.2) is 30.3 Å². The molecule has 0 saturated carbocycles. The predicted molar refractivity (Wildman–Crippen MR) is 105 cm³/mol. The SMILES string of the molecule is O=C1CCC[C@@H](C(=O)N[C@@H](CCCCCS)C(=O)Cc2ccccc2)N1. The van der Waals surface area contributed by atoms with Gasteiger partial charge in [0, 0.05) is 12.8 Å². The largest absolute Gasteiger partial charge is 0.344 e. The van der Waals surface area contributed by atoms with E-state index in [-0.39, 0.29) is 17.6 Å². The van der Waals surface area contributed by atoms with E-state index in [1.54, 1.807) is 0 Å². The number of hydrogen-bond donors (Lipinski definition) is 3. The molecular weight excluding hydrogens is 348 g/mol. The lowest BCUT2D eigenvalue weighted by molar-refractivity contribution is -0.133. The van der Waals surface area contributed by atoms with Crippen LogP contribution in [0.4, 0.5) is 0 Å². The zero-order valence-corrected chi connectivity index (χ0v) is 16.0. The second-order valence-electron chi connectivity index (χ2n) is 6.78. The highest BCUT2D eigenvalue weighted by Gasteiger charge is 2.28. The van der Waals surface area contributed by atoms with Gasteiger partial charge in [-0.15, -0.1) is 0 Å². The quantitative estimate of drug-likeness (QED) is 0.434. The van der Waals surface area contributed by atoms with E-state index in [1.165, 1.54) is 0 Å². The van der Waals surface area contributed by atoms with Crippen LogP contribution in [-0.4, -0.2) is 35.4 Å².